The summed E-state index contributed by atoms with van der Waals surface area (Å²) in [7, 11) is -3.57. The van der Waals surface area contributed by atoms with Crippen LogP contribution in [-0.4, -0.2) is 60.7 Å². The number of Topliss-reactive ketones (excluding diaryl/α,β-unsaturated/α-hetero) is 1. The summed E-state index contributed by atoms with van der Waals surface area (Å²) in [5, 5.41) is 0.403. The minimum atomic E-state index is -3.57. The van der Waals surface area contributed by atoms with Gasteiger partial charge in [0.1, 0.15) is 0 Å². The lowest BCUT2D eigenvalue weighted by Crippen LogP contribution is -2.49. The van der Waals surface area contributed by atoms with E-state index in [2.05, 4.69) is 11.5 Å². The standard InChI is InChI=1S/C23H30ClN3O3S/c1-17-14-22(18(2)27(17)20-7-3-4-8-20)23(28)16-25-10-12-26(13-11-25)31(29,30)21-9-5-6-19(24)15-21/h5-6,9,14-15,20H,3-4,7-8,10-13,16H2,1-2H3. The minimum absolute atomic E-state index is 0.114. The second kappa shape index (κ2) is 9.06. The maximum absolute atomic E-state index is 13.1. The molecule has 31 heavy (non-hydrogen) atoms. The lowest BCUT2D eigenvalue weighted by atomic mass is 10.1. The van der Waals surface area contributed by atoms with Gasteiger partial charge in [-0.05, 0) is 51.0 Å². The zero-order valence-corrected chi connectivity index (χ0v) is 19.8. The average Bonchev–Trinajstić information content (AvgIpc) is 3.36. The molecule has 2 aromatic rings. The van der Waals surface area contributed by atoms with E-state index in [9.17, 15) is 13.2 Å². The molecule has 2 aliphatic rings. The number of nitrogens with zero attached hydrogens (tertiary/aromatic N) is 3. The third-order valence-electron chi connectivity index (χ3n) is 6.61. The van der Waals surface area contributed by atoms with Crippen LogP contribution in [0.5, 0.6) is 0 Å². The Morgan fingerprint density at radius 3 is 2.39 bits per heavy atom. The van der Waals surface area contributed by atoms with Crippen molar-refractivity contribution in [3.05, 3.63) is 52.3 Å². The third kappa shape index (κ3) is 4.60. The largest absolute Gasteiger partial charge is 0.345 e. The van der Waals surface area contributed by atoms with E-state index in [1.54, 1.807) is 18.2 Å². The van der Waals surface area contributed by atoms with Crippen LogP contribution in [0.4, 0.5) is 0 Å². The van der Waals surface area contributed by atoms with E-state index in [1.165, 1.54) is 36.1 Å². The Bertz CT molecular complexity index is 1070. The third-order valence-corrected chi connectivity index (χ3v) is 8.74. The zero-order valence-electron chi connectivity index (χ0n) is 18.2. The molecule has 1 aliphatic heterocycles. The van der Waals surface area contributed by atoms with Crippen molar-refractivity contribution in [2.24, 2.45) is 0 Å². The summed E-state index contributed by atoms with van der Waals surface area (Å²) in [6.45, 7) is 6.25. The molecule has 1 aromatic carbocycles. The van der Waals surface area contributed by atoms with Gasteiger partial charge in [0, 0.05) is 54.2 Å². The van der Waals surface area contributed by atoms with Crippen molar-refractivity contribution in [1.82, 2.24) is 13.8 Å². The van der Waals surface area contributed by atoms with Crippen LogP contribution in [-0.2, 0) is 10.0 Å². The molecular weight excluding hydrogens is 434 g/mol. The van der Waals surface area contributed by atoms with E-state index < -0.39 is 10.0 Å². The lowest BCUT2D eigenvalue weighted by molar-refractivity contribution is 0.0901. The van der Waals surface area contributed by atoms with Crippen molar-refractivity contribution in [3.8, 4) is 0 Å². The number of benzene rings is 1. The summed E-state index contributed by atoms with van der Waals surface area (Å²) >= 11 is 5.97. The molecule has 4 rings (SSSR count). The molecule has 6 nitrogen and oxygen atoms in total. The molecule has 0 radical (unpaired) electrons. The summed E-state index contributed by atoms with van der Waals surface area (Å²) in [5.41, 5.74) is 3.03. The molecule has 1 saturated heterocycles. The van der Waals surface area contributed by atoms with Crippen LogP contribution >= 0.6 is 11.6 Å². The first kappa shape index (κ1) is 22.5. The van der Waals surface area contributed by atoms with Gasteiger partial charge in [0.05, 0.1) is 11.4 Å². The highest BCUT2D eigenvalue weighted by Gasteiger charge is 2.30. The SMILES string of the molecule is Cc1cc(C(=O)CN2CCN(S(=O)(=O)c3cccc(Cl)c3)CC2)c(C)n1C1CCCC1. The molecule has 0 N–H and O–H groups in total. The van der Waals surface area contributed by atoms with Crippen molar-refractivity contribution in [3.63, 3.8) is 0 Å². The normalized spacial score (nSPS) is 19.2. The first-order valence-corrected chi connectivity index (χ1v) is 12.8. The second-order valence-electron chi connectivity index (χ2n) is 8.65. The summed E-state index contributed by atoms with van der Waals surface area (Å²) in [6, 6.07) is 8.89. The highest BCUT2D eigenvalue weighted by atomic mass is 35.5. The van der Waals surface area contributed by atoms with Crippen LogP contribution in [0.3, 0.4) is 0 Å². The monoisotopic (exact) mass is 463 g/mol. The van der Waals surface area contributed by atoms with Gasteiger partial charge in [0.25, 0.3) is 0 Å². The van der Waals surface area contributed by atoms with E-state index in [1.807, 2.05) is 17.9 Å². The number of rotatable bonds is 6. The topological polar surface area (TPSA) is 62.6 Å². The number of ketones is 1. The van der Waals surface area contributed by atoms with Gasteiger partial charge in [-0.25, -0.2) is 8.42 Å². The fourth-order valence-corrected chi connectivity index (χ4v) is 6.70. The number of hydrogen-bond acceptors (Lipinski definition) is 4. The Labute approximate surface area is 189 Å². The fraction of sp³-hybridized carbons (Fsp3) is 0.522. The average molecular weight is 464 g/mol. The fourth-order valence-electron chi connectivity index (χ4n) is 4.98. The van der Waals surface area contributed by atoms with Crippen molar-refractivity contribution < 1.29 is 13.2 Å². The van der Waals surface area contributed by atoms with E-state index in [-0.39, 0.29) is 10.7 Å². The number of aromatic nitrogens is 1. The number of halogens is 1. The van der Waals surface area contributed by atoms with E-state index in [0.717, 1.165) is 17.0 Å². The molecular formula is C23H30ClN3O3S. The first-order chi connectivity index (χ1) is 14.8. The lowest BCUT2D eigenvalue weighted by Gasteiger charge is -2.33. The number of aryl methyl sites for hydroxylation is 1. The molecule has 2 heterocycles. The maximum Gasteiger partial charge on any atom is 0.243 e. The quantitative estimate of drug-likeness (QED) is 0.606. The summed E-state index contributed by atoms with van der Waals surface area (Å²) in [5.74, 6) is 0.114. The second-order valence-corrected chi connectivity index (χ2v) is 11.0. The molecule has 0 bridgehead atoms. The molecule has 1 aromatic heterocycles. The predicted molar refractivity (Wildman–Crippen MR) is 122 cm³/mol. The summed E-state index contributed by atoms with van der Waals surface area (Å²) in [6.07, 6.45) is 4.89. The maximum atomic E-state index is 13.1. The van der Waals surface area contributed by atoms with Crippen LogP contribution in [0.1, 0.15) is 53.5 Å². The molecule has 0 spiro atoms. The number of carbonyl (C=O) groups excluding carboxylic acids is 1. The molecule has 0 unspecified atom stereocenters. The summed E-state index contributed by atoms with van der Waals surface area (Å²) < 4.78 is 29.6. The van der Waals surface area contributed by atoms with Gasteiger partial charge < -0.3 is 4.57 Å². The Balaban J connectivity index is 1.39. The van der Waals surface area contributed by atoms with E-state index in [0.29, 0.717) is 43.8 Å². The van der Waals surface area contributed by atoms with Crippen LogP contribution < -0.4 is 0 Å². The van der Waals surface area contributed by atoms with Gasteiger partial charge >= 0.3 is 0 Å². The van der Waals surface area contributed by atoms with Crippen LogP contribution in [0.25, 0.3) is 0 Å². The van der Waals surface area contributed by atoms with Crippen LogP contribution in [0, 0.1) is 13.8 Å². The molecule has 168 valence electrons. The first-order valence-electron chi connectivity index (χ1n) is 11.0. The van der Waals surface area contributed by atoms with Gasteiger partial charge in [-0.15, -0.1) is 0 Å². The van der Waals surface area contributed by atoms with Gasteiger partial charge in [-0.2, -0.15) is 4.31 Å². The molecule has 2 fully saturated rings. The van der Waals surface area contributed by atoms with Crippen LogP contribution in [0.15, 0.2) is 35.2 Å². The number of piperazine rings is 1. The number of sulfonamides is 1. The van der Waals surface area contributed by atoms with Gasteiger partial charge in [-0.1, -0.05) is 30.5 Å². The molecule has 0 atom stereocenters. The highest BCUT2D eigenvalue weighted by molar-refractivity contribution is 7.89. The molecule has 1 aliphatic carbocycles. The number of carbonyl (C=O) groups is 1. The molecule has 1 saturated carbocycles. The van der Waals surface area contributed by atoms with Crippen molar-refractivity contribution >= 4 is 27.4 Å². The predicted octanol–water partition coefficient (Wildman–Crippen LogP) is 4.06. The van der Waals surface area contributed by atoms with Crippen molar-refractivity contribution in [2.45, 2.75) is 50.5 Å². The van der Waals surface area contributed by atoms with E-state index in [4.69, 9.17) is 11.6 Å². The zero-order chi connectivity index (χ0) is 22.2. The van der Waals surface area contributed by atoms with E-state index >= 15 is 0 Å². The number of hydrogen-bond donors (Lipinski definition) is 0. The van der Waals surface area contributed by atoms with Crippen LogP contribution in [0.2, 0.25) is 5.02 Å². The molecule has 8 heteroatoms. The Kier molecular flexibility index (Phi) is 6.58. The summed E-state index contributed by atoms with van der Waals surface area (Å²) in [4.78, 5) is 15.3. The Hall–Kier alpha value is -1.67. The smallest absolute Gasteiger partial charge is 0.243 e. The minimum Gasteiger partial charge on any atom is -0.345 e. The van der Waals surface area contributed by atoms with Gasteiger partial charge in [0.2, 0.25) is 10.0 Å². The van der Waals surface area contributed by atoms with Gasteiger partial charge in [-0.3, -0.25) is 9.69 Å². The Morgan fingerprint density at radius 2 is 1.74 bits per heavy atom. The molecule has 0 amide bonds. The van der Waals surface area contributed by atoms with Gasteiger partial charge in [0.15, 0.2) is 5.78 Å². The Morgan fingerprint density at radius 1 is 1.06 bits per heavy atom. The van der Waals surface area contributed by atoms with Crippen molar-refractivity contribution in [2.75, 3.05) is 32.7 Å². The van der Waals surface area contributed by atoms with Crippen molar-refractivity contribution in [1.29, 1.82) is 0 Å². The highest BCUT2D eigenvalue weighted by Crippen LogP contribution is 2.33.